The van der Waals surface area contributed by atoms with Crippen molar-refractivity contribution in [1.29, 1.82) is 0 Å². The number of hydrogen-bond donors (Lipinski definition) is 1. The van der Waals surface area contributed by atoms with Gasteiger partial charge in [0.15, 0.2) is 0 Å². The zero-order valence-corrected chi connectivity index (χ0v) is 14.3. The molecule has 130 valence electrons. The summed E-state index contributed by atoms with van der Waals surface area (Å²) in [5.74, 6) is 0.354. The zero-order valence-electron chi connectivity index (χ0n) is 14.3. The van der Waals surface area contributed by atoms with E-state index in [1.54, 1.807) is 11.9 Å². The van der Waals surface area contributed by atoms with Crippen LogP contribution in [-0.2, 0) is 11.3 Å². The van der Waals surface area contributed by atoms with Crippen molar-refractivity contribution in [1.82, 2.24) is 9.80 Å². The van der Waals surface area contributed by atoms with Crippen molar-refractivity contribution < 1.29 is 14.7 Å². The molecule has 2 aliphatic rings. The van der Waals surface area contributed by atoms with Crippen molar-refractivity contribution in [2.75, 3.05) is 20.1 Å². The molecule has 3 rings (SSSR count). The van der Waals surface area contributed by atoms with Gasteiger partial charge in [0.25, 0.3) is 5.91 Å². The maximum absolute atomic E-state index is 12.7. The number of nitrogens with zero attached hydrogens (tertiary/aromatic N) is 2. The number of carbonyl (C=O) groups excluding carboxylic acids is 2. The fourth-order valence-corrected chi connectivity index (χ4v) is 3.78. The van der Waals surface area contributed by atoms with Crippen LogP contribution < -0.4 is 0 Å². The van der Waals surface area contributed by atoms with E-state index in [4.69, 9.17) is 0 Å². The van der Waals surface area contributed by atoms with Gasteiger partial charge in [-0.15, -0.1) is 0 Å². The molecular formula is C19H26N2O3. The Kier molecular flexibility index (Phi) is 5.19. The first-order valence-electron chi connectivity index (χ1n) is 8.85. The quantitative estimate of drug-likeness (QED) is 0.899. The van der Waals surface area contributed by atoms with Crippen molar-refractivity contribution >= 4 is 11.8 Å². The van der Waals surface area contributed by atoms with Crippen LogP contribution in [0.4, 0.5) is 0 Å². The van der Waals surface area contributed by atoms with E-state index in [0.717, 1.165) is 37.8 Å². The average Bonchev–Trinajstić information content (AvgIpc) is 3.16. The highest BCUT2D eigenvalue weighted by atomic mass is 16.3. The lowest BCUT2D eigenvalue weighted by Gasteiger charge is -2.23. The lowest BCUT2D eigenvalue weighted by atomic mass is 10.0. The van der Waals surface area contributed by atoms with Gasteiger partial charge in [0.2, 0.25) is 5.91 Å². The molecule has 1 aliphatic carbocycles. The third-order valence-corrected chi connectivity index (χ3v) is 5.19. The van der Waals surface area contributed by atoms with Crippen LogP contribution in [0.15, 0.2) is 24.3 Å². The molecule has 1 aliphatic heterocycles. The molecule has 1 aromatic rings. The lowest BCUT2D eigenvalue weighted by molar-refractivity contribution is -0.128. The highest BCUT2D eigenvalue weighted by molar-refractivity contribution is 5.94. The van der Waals surface area contributed by atoms with Crippen LogP contribution in [0, 0.1) is 5.92 Å². The van der Waals surface area contributed by atoms with Gasteiger partial charge in [-0.05, 0) is 37.0 Å². The van der Waals surface area contributed by atoms with Crippen LogP contribution in [0.2, 0.25) is 0 Å². The fraction of sp³-hybridized carbons (Fsp3) is 0.579. The van der Waals surface area contributed by atoms with Crippen molar-refractivity contribution in [2.45, 2.75) is 44.8 Å². The van der Waals surface area contributed by atoms with Crippen LogP contribution in [0.3, 0.4) is 0 Å². The first-order valence-corrected chi connectivity index (χ1v) is 8.85. The highest BCUT2D eigenvalue weighted by Gasteiger charge is 2.28. The van der Waals surface area contributed by atoms with Crippen LogP contribution in [0.5, 0.6) is 0 Å². The third kappa shape index (κ3) is 3.78. The maximum Gasteiger partial charge on any atom is 0.253 e. The number of benzene rings is 1. The summed E-state index contributed by atoms with van der Waals surface area (Å²) >= 11 is 0. The van der Waals surface area contributed by atoms with Crippen molar-refractivity contribution in [3.63, 3.8) is 0 Å². The lowest BCUT2D eigenvalue weighted by Crippen LogP contribution is -2.34. The van der Waals surface area contributed by atoms with Gasteiger partial charge in [-0.1, -0.05) is 18.6 Å². The Balaban J connectivity index is 1.64. The Morgan fingerprint density at radius 2 is 2.17 bits per heavy atom. The van der Waals surface area contributed by atoms with Crippen LogP contribution in [0.25, 0.3) is 0 Å². The molecule has 1 heterocycles. The van der Waals surface area contributed by atoms with Crippen LogP contribution in [-0.4, -0.2) is 53.0 Å². The third-order valence-electron chi connectivity index (χ3n) is 5.19. The first kappa shape index (κ1) is 17.0. The van der Waals surface area contributed by atoms with Gasteiger partial charge >= 0.3 is 0 Å². The van der Waals surface area contributed by atoms with Crippen molar-refractivity contribution in [3.05, 3.63) is 35.4 Å². The van der Waals surface area contributed by atoms with E-state index in [0.29, 0.717) is 25.1 Å². The molecule has 0 bridgehead atoms. The van der Waals surface area contributed by atoms with E-state index < -0.39 is 0 Å². The molecular weight excluding hydrogens is 304 g/mol. The Hall–Kier alpha value is -1.88. The molecule has 2 amide bonds. The minimum Gasteiger partial charge on any atom is -0.393 e. The predicted molar refractivity (Wildman–Crippen MR) is 91.4 cm³/mol. The van der Waals surface area contributed by atoms with Crippen LogP contribution >= 0.6 is 0 Å². The number of rotatable bonds is 5. The maximum atomic E-state index is 12.7. The summed E-state index contributed by atoms with van der Waals surface area (Å²) in [7, 11) is 1.80. The zero-order chi connectivity index (χ0) is 17.1. The van der Waals surface area contributed by atoms with Crippen molar-refractivity contribution in [2.24, 2.45) is 5.92 Å². The van der Waals surface area contributed by atoms with E-state index in [9.17, 15) is 14.7 Å². The van der Waals surface area contributed by atoms with Crippen LogP contribution in [0.1, 0.15) is 48.0 Å². The van der Waals surface area contributed by atoms with E-state index >= 15 is 0 Å². The Bertz CT molecular complexity index is 616. The van der Waals surface area contributed by atoms with Gasteiger partial charge in [0.1, 0.15) is 0 Å². The van der Waals surface area contributed by atoms with Gasteiger partial charge in [0.05, 0.1) is 6.10 Å². The second-order valence-corrected chi connectivity index (χ2v) is 7.06. The molecule has 0 radical (unpaired) electrons. The van der Waals surface area contributed by atoms with Gasteiger partial charge in [-0.3, -0.25) is 9.59 Å². The molecule has 24 heavy (non-hydrogen) atoms. The summed E-state index contributed by atoms with van der Waals surface area (Å²) in [5.41, 5.74) is 1.64. The molecule has 0 aromatic heterocycles. The molecule has 2 unspecified atom stereocenters. The molecule has 1 aromatic carbocycles. The summed E-state index contributed by atoms with van der Waals surface area (Å²) < 4.78 is 0. The number of aliphatic hydroxyl groups excluding tert-OH is 1. The molecule has 5 nitrogen and oxygen atoms in total. The van der Waals surface area contributed by atoms with Gasteiger partial charge in [0, 0.05) is 44.6 Å². The second-order valence-electron chi connectivity index (χ2n) is 7.06. The van der Waals surface area contributed by atoms with E-state index in [2.05, 4.69) is 0 Å². The monoisotopic (exact) mass is 330 g/mol. The summed E-state index contributed by atoms with van der Waals surface area (Å²) in [6.45, 7) is 1.97. The van der Waals surface area contributed by atoms with E-state index in [1.165, 1.54) is 0 Å². The number of likely N-dealkylation sites (tertiary alicyclic amines) is 1. The molecule has 1 N–H and O–H groups in total. The second kappa shape index (κ2) is 7.34. The Morgan fingerprint density at radius 3 is 2.83 bits per heavy atom. The SMILES string of the molecule is CN(CC1CCCC1O)C(=O)c1cccc(CN2CCCC2=O)c1. The molecule has 0 spiro atoms. The Morgan fingerprint density at radius 1 is 1.33 bits per heavy atom. The number of aliphatic hydroxyl groups is 1. The molecule has 1 saturated carbocycles. The summed E-state index contributed by atoms with van der Waals surface area (Å²) in [6.07, 6.45) is 4.12. The average molecular weight is 330 g/mol. The molecule has 5 heteroatoms. The number of carbonyl (C=O) groups is 2. The van der Waals surface area contributed by atoms with Gasteiger partial charge < -0.3 is 14.9 Å². The first-order chi connectivity index (χ1) is 11.5. The molecule has 2 atom stereocenters. The van der Waals surface area contributed by atoms with Crippen molar-refractivity contribution in [3.8, 4) is 0 Å². The fourth-order valence-electron chi connectivity index (χ4n) is 3.78. The smallest absolute Gasteiger partial charge is 0.253 e. The predicted octanol–water partition coefficient (Wildman–Crippen LogP) is 2.04. The minimum absolute atomic E-state index is 0.0244. The van der Waals surface area contributed by atoms with Gasteiger partial charge in [-0.2, -0.15) is 0 Å². The number of hydrogen-bond acceptors (Lipinski definition) is 3. The van der Waals surface area contributed by atoms with Gasteiger partial charge in [-0.25, -0.2) is 0 Å². The number of amides is 2. The largest absolute Gasteiger partial charge is 0.393 e. The summed E-state index contributed by atoms with van der Waals surface area (Å²) in [4.78, 5) is 28.0. The molecule has 1 saturated heterocycles. The minimum atomic E-state index is -0.284. The highest BCUT2D eigenvalue weighted by Crippen LogP contribution is 2.26. The normalized spacial score (nSPS) is 23.8. The van der Waals surface area contributed by atoms with E-state index in [-0.39, 0.29) is 23.8 Å². The topological polar surface area (TPSA) is 60.9 Å². The van der Waals surface area contributed by atoms with E-state index in [1.807, 2.05) is 29.2 Å². The standard InChI is InChI=1S/C19H26N2O3/c1-20(13-16-7-3-8-17(16)22)19(24)15-6-2-5-14(11-15)12-21-10-4-9-18(21)23/h2,5-6,11,16-17,22H,3-4,7-10,12-13H2,1H3. The summed E-state index contributed by atoms with van der Waals surface area (Å²) in [6, 6.07) is 7.54. The molecule has 2 fully saturated rings. The summed E-state index contributed by atoms with van der Waals surface area (Å²) in [5, 5.41) is 9.94. The Labute approximate surface area is 143 Å².